The molecule has 2 aromatic rings. The van der Waals surface area contributed by atoms with Crippen LogP contribution in [0, 0.1) is 0 Å². The van der Waals surface area contributed by atoms with Crippen molar-refractivity contribution in [2.24, 2.45) is 0 Å². The van der Waals surface area contributed by atoms with Crippen molar-refractivity contribution in [2.75, 3.05) is 17.7 Å². The Morgan fingerprint density at radius 3 is 2.85 bits per heavy atom. The molecule has 2 atom stereocenters. The van der Waals surface area contributed by atoms with Crippen LogP contribution >= 0.6 is 11.3 Å². The smallest absolute Gasteiger partial charge is 0.414 e. The predicted molar refractivity (Wildman–Crippen MR) is 97.2 cm³/mol. The Balaban J connectivity index is 1.83. The van der Waals surface area contributed by atoms with Crippen molar-refractivity contribution in [3.8, 4) is 0 Å². The van der Waals surface area contributed by atoms with Crippen molar-refractivity contribution in [1.29, 1.82) is 0 Å². The number of hydrogen-bond acceptors (Lipinski definition) is 7. The minimum Gasteiger partial charge on any atom is -0.444 e. The molecule has 1 aliphatic heterocycles. The van der Waals surface area contributed by atoms with Crippen LogP contribution in [0.3, 0.4) is 0 Å². The predicted octanol–water partition coefficient (Wildman–Crippen LogP) is 1.93. The van der Waals surface area contributed by atoms with Gasteiger partial charge in [0.05, 0.1) is 6.54 Å². The lowest BCUT2D eigenvalue weighted by Crippen LogP contribution is -2.51. The number of nitrogens with one attached hydrogen (secondary N) is 1. The summed E-state index contributed by atoms with van der Waals surface area (Å²) >= 11 is 1.54. The largest absolute Gasteiger partial charge is 0.444 e. The monoisotopic (exact) mass is 398 g/mol. The molecule has 140 valence electrons. The summed E-state index contributed by atoms with van der Waals surface area (Å²) in [4.78, 5) is 25.6. The highest BCUT2D eigenvalue weighted by Gasteiger charge is 2.48. The average molecular weight is 398 g/mol. The Hall–Kier alpha value is -2.17. The molecular formula is C16H18N2O6S2. The van der Waals surface area contributed by atoms with Gasteiger partial charge in [-0.2, -0.15) is 0 Å². The number of hydrogen-bond donors (Lipinski definition) is 2. The van der Waals surface area contributed by atoms with Gasteiger partial charge in [-0.1, -0.05) is 6.07 Å². The van der Waals surface area contributed by atoms with Crippen molar-refractivity contribution < 1.29 is 28.0 Å². The fraction of sp³-hybridized carbons (Fsp3) is 0.375. The van der Waals surface area contributed by atoms with Gasteiger partial charge >= 0.3 is 6.09 Å². The number of cyclic esters (lactones) is 1. The van der Waals surface area contributed by atoms with E-state index in [9.17, 15) is 18.0 Å². The molecule has 1 aromatic carbocycles. The molecule has 1 aromatic heterocycles. The van der Waals surface area contributed by atoms with Gasteiger partial charge in [-0.25, -0.2) is 18.7 Å². The maximum Gasteiger partial charge on any atom is 0.414 e. The second-order valence-corrected chi connectivity index (χ2v) is 9.80. The summed E-state index contributed by atoms with van der Waals surface area (Å²) < 4.78 is 28.5. The topological polar surface area (TPSA) is 113 Å². The Morgan fingerprint density at radius 2 is 2.19 bits per heavy atom. The molecule has 1 saturated heterocycles. The van der Waals surface area contributed by atoms with Gasteiger partial charge in [0.25, 0.3) is 5.91 Å². The Labute approximate surface area is 154 Å². The lowest BCUT2D eigenvalue weighted by Gasteiger charge is -2.26. The van der Waals surface area contributed by atoms with Gasteiger partial charge in [-0.3, -0.25) is 14.9 Å². The normalized spacial score (nSPS) is 20.0. The van der Waals surface area contributed by atoms with Crippen LogP contribution in [0.4, 0.5) is 10.5 Å². The number of sulfone groups is 1. The average Bonchev–Trinajstić information content (AvgIpc) is 3.18. The number of anilines is 1. The molecule has 1 fully saturated rings. The zero-order chi connectivity index (χ0) is 19.1. The highest BCUT2D eigenvalue weighted by Crippen LogP contribution is 2.32. The molecule has 0 spiro atoms. The quantitative estimate of drug-likeness (QED) is 0.588. The summed E-state index contributed by atoms with van der Waals surface area (Å²) in [5.41, 5.74) is 2.03. The number of amides is 2. The molecule has 3 rings (SSSR count). The minimum atomic E-state index is -3.86. The lowest BCUT2D eigenvalue weighted by molar-refractivity contribution is -0.132. The van der Waals surface area contributed by atoms with Crippen LogP contribution in [0.1, 0.15) is 13.3 Å². The van der Waals surface area contributed by atoms with E-state index in [0.29, 0.717) is 5.69 Å². The molecule has 10 heteroatoms. The summed E-state index contributed by atoms with van der Waals surface area (Å²) in [5.74, 6) is -1.06. The van der Waals surface area contributed by atoms with Crippen LogP contribution in [0.15, 0.2) is 29.6 Å². The molecule has 2 amide bonds. The van der Waals surface area contributed by atoms with E-state index in [2.05, 4.69) is 0 Å². The van der Waals surface area contributed by atoms with Crippen molar-refractivity contribution in [1.82, 2.24) is 5.48 Å². The summed E-state index contributed by atoms with van der Waals surface area (Å²) in [5, 5.41) is 11.9. The molecule has 0 saturated carbocycles. The van der Waals surface area contributed by atoms with E-state index in [0.717, 1.165) is 16.3 Å². The SMILES string of the molecule is C[C@@](C[C@H]1CN(c2ccc3ccsc3c2)C(=O)O1)(C(=O)NO)S(C)(=O)=O. The lowest BCUT2D eigenvalue weighted by atomic mass is 10.0. The van der Waals surface area contributed by atoms with Crippen molar-refractivity contribution in [2.45, 2.75) is 24.2 Å². The number of carbonyl (C=O) groups is 2. The van der Waals surface area contributed by atoms with E-state index in [4.69, 9.17) is 9.94 Å². The molecule has 2 heterocycles. The number of benzene rings is 1. The molecule has 0 bridgehead atoms. The third kappa shape index (κ3) is 3.15. The van der Waals surface area contributed by atoms with Gasteiger partial charge < -0.3 is 4.74 Å². The van der Waals surface area contributed by atoms with Crippen LogP contribution in [-0.2, 0) is 19.4 Å². The van der Waals surface area contributed by atoms with Crippen LogP contribution in [0.25, 0.3) is 10.1 Å². The zero-order valence-electron chi connectivity index (χ0n) is 14.1. The Morgan fingerprint density at radius 1 is 1.46 bits per heavy atom. The number of nitrogens with zero attached hydrogens (tertiary/aromatic N) is 1. The zero-order valence-corrected chi connectivity index (χ0v) is 15.8. The minimum absolute atomic E-state index is 0.111. The molecule has 0 radical (unpaired) electrons. The fourth-order valence-electron chi connectivity index (χ4n) is 2.92. The first-order valence-electron chi connectivity index (χ1n) is 7.75. The second-order valence-electron chi connectivity index (χ2n) is 6.41. The highest BCUT2D eigenvalue weighted by atomic mass is 32.2. The van der Waals surface area contributed by atoms with Crippen LogP contribution in [0.2, 0.25) is 0 Å². The van der Waals surface area contributed by atoms with E-state index in [1.807, 2.05) is 23.6 Å². The van der Waals surface area contributed by atoms with E-state index < -0.39 is 32.7 Å². The first-order chi connectivity index (χ1) is 12.2. The molecule has 0 aliphatic carbocycles. The first kappa shape index (κ1) is 18.6. The Kier molecular flexibility index (Phi) is 4.67. The number of hydroxylamine groups is 1. The van der Waals surface area contributed by atoms with Gasteiger partial charge in [-0.15, -0.1) is 11.3 Å². The summed E-state index contributed by atoms with van der Waals surface area (Å²) in [6.07, 6.45) is -0.770. The third-order valence-corrected chi connectivity index (χ3v) is 7.51. The van der Waals surface area contributed by atoms with Crippen molar-refractivity contribution >= 4 is 48.9 Å². The standard InChI is InChI=1S/C16H18N2O6S2/c1-16(14(19)17-21,26(2,22)23)8-12-9-18(15(20)24-12)11-4-3-10-5-6-25-13(10)7-11/h3-7,12,21H,8-9H2,1-2H3,(H,17,19)/t12-,16+/m0/s1. The molecule has 26 heavy (non-hydrogen) atoms. The number of rotatable bonds is 5. The summed E-state index contributed by atoms with van der Waals surface area (Å²) in [6.45, 7) is 1.31. The number of thiophene rings is 1. The van der Waals surface area contributed by atoms with Crippen LogP contribution in [-0.4, -0.2) is 49.3 Å². The second kappa shape index (κ2) is 6.53. The highest BCUT2D eigenvalue weighted by molar-refractivity contribution is 7.92. The van der Waals surface area contributed by atoms with Gasteiger partial charge in [-0.05, 0) is 35.9 Å². The van der Waals surface area contributed by atoms with E-state index >= 15 is 0 Å². The van der Waals surface area contributed by atoms with E-state index in [-0.39, 0.29) is 13.0 Å². The molecule has 2 N–H and O–H groups in total. The van der Waals surface area contributed by atoms with Gasteiger partial charge in [0, 0.05) is 23.1 Å². The molecule has 1 aliphatic rings. The molecular weight excluding hydrogens is 380 g/mol. The number of ether oxygens (including phenoxy) is 1. The Bertz CT molecular complexity index is 970. The van der Waals surface area contributed by atoms with Crippen LogP contribution in [0.5, 0.6) is 0 Å². The third-order valence-electron chi connectivity index (χ3n) is 4.64. The van der Waals surface area contributed by atoms with Gasteiger partial charge in [0.2, 0.25) is 0 Å². The van der Waals surface area contributed by atoms with E-state index in [1.54, 1.807) is 17.4 Å². The first-order valence-corrected chi connectivity index (χ1v) is 10.5. The van der Waals surface area contributed by atoms with Gasteiger partial charge in [0.1, 0.15) is 6.10 Å². The van der Waals surface area contributed by atoms with Crippen molar-refractivity contribution in [3.05, 3.63) is 29.6 Å². The molecule has 0 unspecified atom stereocenters. The summed E-state index contributed by atoms with van der Waals surface area (Å²) in [6, 6.07) is 7.51. The van der Waals surface area contributed by atoms with Gasteiger partial charge in [0.15, 0.2) is 14.6 Å². The number of fused-ring (bicyclic) bond motifs is 1. The number of carbonyl (C=O) groups excluding carboxylic acids is 2. The molecule has 8 nitrogen and oxygen atoms in total. The maximum absolute atomic E-state index is 12.2. The van der Waals surface area contributed by atoms with Crippen molar-refractivity contribution in [3.63, 3.8) is 0 Å². The fourth-order valence-corrected chi connectivity index (χ4v) is 4.61. The van der Waals surface area contributed by atoms with E-state index in [1.165, 1.54) is 17.3 Å². The maximum atomic E-state index is 12.2. The summed E-state index contributed by atoms with van der Waals surface area (Å²) in [7, 11) is -3.86. The van der Waals surface area contributed by atoms with Crippen LogP contribution < -0.4 is 10.4 Å².